The van der Waals surface area contributed by atoms with Crippen molar-refractivity contribution in [2.24, 2.45) is 0 Å². The van der Waals surface area contributed by atoms with Crippen molar-refractivity contribution in [1.82, 2.24) is 15.1 Å². The molecule has 6 nitrogen and oxygen atoms in total. The van der Waals surface area contributed by atoms with Crippen molar-refractivity contribution in [3.05, 3.63) is 54.0 Å². The molecule has 1 N–H and O–H groups in total. The average Bonchev–Trinajstić information content (AvgIpc) is 3.45. The molecule has 1 aliphatic heterocycles. The van der Waals surface area contributed by atoms with Gasteiger partial charge in [-0.15, -0.1) is 11.8 Å². The summed E-state index contributed by atoms with van der Waals surface area (Å²) in [5.41, 5.74) is 0.920. The average molecular weight is 414 g/mol. The summed E-state index contributed by atoms with van der Waals surface area (Å²) in [4.78, 5) is 30.4. The van der Waals surface area contributed by atoms with E-state index in [-0.39, 0.29) is 17.9 Å². The van der Waals surface area contributed by atoms with E-state index in [1.807, 2.05) is 36.1 Å². The van der Waals surface area contributed by atoms with Crippen molar-refractivity contribution in [3.8, 4) is 0 Å². The van der Waals surface area contributed by atoms with Gasteiger partial charge in [-0.1, -0.05) is 18.2 Å². The Hall–Kier alpha value is -2.25. The molecule has 0 bridgehead atoms. The van der Waals surface area contributed by atoms with Gasteiger partial charge in [-0.05, 0) is 38.0 Å². The molecule has 1 saturated carbocycles. The zero-order valence-corrected chi connectivity index (χ0v) is 17.5. The molecule has 2 heterocycles. The molecule has 0 radical (unpaired) electrons. The van der Waals surface area contributed by atoms with Gasteiger partial charge >= 0.3 is 0 Å². The molecule has 7 heteroatoms. The lowest BCUT2D eigenvalue weighted by Gasteiger charge is -2.37. The number of piperazine rings is 1. The predicted molar refractivity (Wildman–Crippen MR) is 113 cm³/mol. The fraction of sp³-hybridized carbons (Fsp3) is 0.455. The molecule has 1 aliphatic carbocycles. The minimum Gasteiger partial charge on any atom is -0.459 e. The Morgan fingerprint density at radius 3 is 2.55 bits per heavy atom. The van der Waals surface area contributed by atoms with Crippen LogP contribution in [-0.2, 0) is 10.5 Å². The van der Waals surface area contributed by atoms with Gasteiger partial charge in [0.05, 0.1) is 12.3 Å². The van der Waals surface area contributed by atoms with E-state index in [2.05, 4.69) is 22.3 Å². The fourth-order valence-corrected chi connectivity index (χ4v) is 4.39. The normalized spacial score (nSPS) is 18.4. The minimum atomic E-state index is -0.158. The molecular weight excluding hydrogens is 386 g/mol. The first-order valence-electron chi connectivity index (χ1n) is 10.2. The van der Waals surface area contributed by atoms with Crippen LogP contribution < -0.4 is 5.32 Å². The number of benzene rings is 1. The lowest BCUT2D eigenvalue weighted by molar-refractivity contribution is -0.126. The number of thioether (sulfide) groups is 1. The van der Waals surface area contributed by atoms with Crippen molar-refractivity contribution in [2.45, 2.75) is 42.5 Å². The molecule has 1 unspecified atom stereocenters. The van der Waals surface area contributed by atoms with Crippen molar-refractivity contribution < 1.29 is 14.0 Å². The first-order chi connectivity index (χ1) is 14.1. The van der Waals surface area contributed by atoms with Crippen LogP contribution in [0.2, 0.25) is 0 Å². The maximum absolute atomic E-state index is 13.0. The summed E-state index contributed by atoms with van der Waals surface area (Å²) in [6.45, 7) is 4.54. The zero-order valence-electron chi connectivity index (χ0n) is 16.7. The standard InChI is InChI=1S/C22H27N3O3S/c1-16(21(26)23-18-7-8-18)24-10-12-25(13-11-24)22(27)20-17(9-14-28-20)15-29-19-5-3-2-4-6-19/h2-6,9,14,16,18H,7-8,10-13,15H2,1H3,(H,23,26). The van der Waals surface area contributed by atoms with Gasteiger partial charge in [-0.3, -0.25) is 14.5 Å². The molecule has 1 saturated heterocycles. The third kappa shape index (κ3) is 5.03. The molecule has 154 valence electrons. The maximum Gasteiger partial charge on any atom is 0.289 e. The Morgan fingerprint density at radius 2 is 1.86 bits per heavy atom. The zero-order chi connectivity index (χ0) is 20.2. The van der Waals surface area contributed by atoms with Crippen molar-refractivity contribution in [2.75, 3.05) is 26.2 Å². The molecule has 0 spiro atoms. The summed E-state index contributed by atoms with van der Waals surface area (Å²) in [7, 11) is 0. The predicted octanol–water partition coefficient (Wildman–Crippen LogP) is 3.00. The third-order valence-electron chi connectivity index (χ3n) is 5.53. The monoisotopic (exact) mass is 413 g/mol. The van der Waals surface area contributed by atoms with Crippen LogP contribution in [-0.4, -0.2) is 59.9 Å². The van der Waals surface area contributed by atoms with Crippen molar-refractivity contribution in [1.29, 1.82) is 0 Å². The highest BCUT2D eigenvalue weighted by Crippen LogP contribution is 2.26. The molecule has 4 rings (SSSR count). The van der Waals surface area contributed by atoms with E-state index >= 15 is 0 Å². The largest absolute Gasteiger partial charge is 0.459 e. The number of nitrogens with zero attached hydrogens (tertiary/aromatic N) is 2. The van der Waals surface area contributed by atoms with Crippen LogP contribution >= 0.6 is 11.8 Å². The number of nitrogens with one attached hydrogen (secondary N) is 1. The third-order valence-corrected chi connectivity index (χ3v) is 6.59. The fourth-order valence-electron chi connectivity index (χ4n) is 3.49. The van der Waals surface area contributed by atoms with E-state index in [4.69, 9.17) is 4.42 Å². The van der Waals surface area contributed by atoms with Crippen LogP contribution in [0, 0.1) is 0 Å². The number of hydrogen-bond acceptors (Lipinski definition) is 5. The van der Waals surface area contributed by atoms with Crippen molar-refractivity contribution in [3.63, 3.8) is 0 Å². The molecular formula is C22H27N3O3S. The van der Waals surface area contributed by atoms with Crippen LogP contribution in [0.4, 0.5) is 0 Å². The molecule has 2 amide bonds. The Kier molecular flexibility index (Phi) is 6.25. The second-order valence-corrected chi connectivity index (χ2v) is 8.71. The molecule has 2 aromatic rings. The summed E-state index contributed by atoms with van der Waals surface area (Å²) in [6.07, 6.45) is 3.78. The van der Waals surface area contributed by atoms with Gasteiger partial charge in [0.15, 0.2) is 5.76 Å². The van der Waals surface area contributed by atoms with Gasteiger partial charge in [0.1, 0.15) is 0 Å². The minimum absolute atomic E-state index is 0.0617. The van der Waals surface area contributed by atoms with Crippen LogP contribution in [0.15, 0.2) is 52.0 Å². The molecule has 1 aromatic carbocycles. The van der Waals surface area contributed by atoms with E-state index in [9.17, 15) is 9.59 Å². The number of carbonyl (C=O) groups is 2. The molecule has 29 heavy (non-hydrogen) atoms. The molecule has 2 fully saturated rings. The summed E-state index contributed by atoms with van der Waals surface area (Å²) < 4.78 is 5.55. The lowest BCUT2D eigenvalue weighted by atomic mass is 10.2. The number of amides is 2. The quantitative estimate of drug-likeness (QED) is 0.707. The first-order valence-corrected chi connectivity index (χ1v) is 11.2. The van der Waals surface area contributed by atoms with Gasteiger partial charge in [0.25, 0.3) is 5.91 Å². The van der Waals surface area contributed by atoms with E-state index in [0.29, 0.717) is 43.7 Å². The highest BCUT2D eigenvalue weighted by Gasteiger charge is 2.32. The Labute approximate surface area is 175 Å². The number of hydrogen-bond donors (Lipinski definition) is 1. The smallest absolute Gasteiger partial charge is 0.289 e. The summed E-state index contributed by atoms with van der Waals surface area (Å²) in [5.74, 6) is 1.16. The maximum atomic E-state index is 13.0. The van der Waals surface area contributed by atoms with Crippen LogP contribution in [0.3, 0.4) is 0 Å². The van der Waals surface area contributed by atoms with Crippen molar-refractivity contribution >= 4 is 23.6 Å². The van der Waals surface area contributed by atoms with E-state index in [0.717, 1.165) is 18.4 Å². The molecule has 1 aromatic heterocycles. The summed E-state index contributed by atoms with van der Waals surface area (Å²) in [6, 6.07) is 12.2. The summed E-state index contributed by atoms with van der Waals surface area (Å²) >= 11 is 1.69. The molecule has 1 atom stereocenters. The van der Waals surface area contributed by atoms with E-state index in [1.165, 1.54) is 4.90 Å². The van der Waals surface area contributed by atoms with Crippen LogP contribution in [0.1, 0.15) is 35.9 Å². The highest BCUT2D eigenvalue weighted by atomic mass is 32.2. The number of furan rings is 1. The summed E-state index contributed by atoms with van der Waals surface area (Å²) in [5, 5.41) is 3.06. The van der Waals surface area contributed by atoms with E-state index < -0.39 is 0 Å². The lowest BCUT2D eigenvalue weighted by Crippen LogP contribution is -2.55. The van der Waals surface area contributed by atoms with Gasteiger partial charge in [-0.25, -0.2) is 0 Å². The Bertz CT molecular complexity index is 842. The highest BCUT2D eigenvalue weighted by molar-refractivity contribution is 7.98. The van der Waals surface area contributed by atoms with Gasteiger partial charge < -0.3 is 14.6 Å². The SMILES string of the molecule is CC(C(=O)NC1CC1)N1CCN(C(=O)c2occc2CSc2ccccc2)CC1. The first kappa shape index (κ1) is 20.0. The number of rotatable bonds is 7. The van der Waals surface area contributed by atoms with Gasteiger partial charge in [0.2, 0.25) is 5.91 Å². The van der Waals surface area contributed by atoms with Gasteiger partial charge in [0, 0.05) is 48.4 Å². The van der Waals surface area contributed by atoms with E-state index in [1.54, 1.807) is 18.0 Å². The number of carbonyl (C=O) groups excluding carboxylic acids is 2. The van der Waals surface area contributed by atoms with Crippen LogP contribution in [0.5, 0.6) is 0 Å². The Balaban J connectivity index is 1.30. The van der Waals surface area contributed by atoms with Gasteiger partial charge in [-0.2, -0.15) is 0 Å². The van der Waals surface area contributed by atoms with Crippen LogP contribution in [0.25, 0.3) is 0 Å². The second kappa shape index (κ2) is 9.05. The topological polar surface area (TPSA) is 65.8 Å². The second-order valence-electron chi connectivity index (χ2n) is 7.66. The Morgan fingerprint density at radius 1 is 1.14 bits per heavy atom. The molecule has 2 aliphatic rings.